The molecule has 2 aromatic rings. The summed E-state index contributed by atoms with van der Waals surface area (Å²) in [5.41, 5.74) is 8.14. The number of nitrogens with two attached hydrogens (primary N) is 1. The van der Waals surface area contributed by atoms with E-state index in [4.69, 9.17) is 10.5 Å². The fourth-order valence-corrected chi connectivity index (χ4v) is 5.00. The Bertz CT molecular complexity index is 1130. The van der Waals surface area contributed by atoms with Gasteiger partial charge in [0.05, 0.1) is 0 Å². The van der Waals surface area contributed by atoms with Crippen molar-refractivity contribution in [2.24, 2.45) is 0 Å². The molecule has 3 aliphatic rings. The lowest BCUT2D eigenvalue weighted by Gasteiger charge is -2.37. The lowest BCUT2D eigenvalue weighted by Crippen LogP contribution is -2.53. The number of carbonyl (C=O) groups excluding carboxylic acids is 3. The maximum Gasteiger partial charge on any atom is 0.257 e. The normalized spacial score (nSPS) is 22.8. The molecule has 0 saturated carbocycles. The van der Waals surface area contributed by atoms with Crippen LogP contribution in [0.4, 0.5) is 11.4 Å². The van der Waals surface area contributed by atoms with E-state index in [1.807, 2.05) is 30.3 Å². The minimum absolute atomic E-state index is 0.139. The zero-order valence-electron chi connectivity index (χ0n) is 19.4. The van der Waals surface area contributed by atoms with Gasteiger partial charge in [0, 0.05) is 61.6 Å². The van der Waals surface area contributed by atoms with Gasteiger partial charge in [-0.25, -0.2) is 0 Å². The molecule has 0 aromatic heterocycles. The van der Waals surface area contributed by atoms with Crippen molar-refractivity contribution in [2.45, 2.75) is 25.1 Å². The van der Waals surface area contributed by atoms with E-state index in [0.29, 0.717) is 23.4 Å². The molecule has 5 rings (SSSR count). The van der Waals surface area contributed by atoms with E-state index in [9.17, 15) is 19.5 Å². The highest BCUT2D eigenvalue weighted by atomic mass is 16.5. The number of fused-ring (bicyclic) bond motifs is 1. The highest BCUT2D eigenvalue weighted by Crippen LogP contribution is 2.41. The van der Waals surface area contributed by atoms with Crippen molar-refractivity contribution in [3.8, 4) is 5.75 Å². The van der Waals surface area contributed by atoms with Crippen LogP contribution in [0.3, 0.4) is 0 Å². The molecule has 2 saturated heterocycles. The molecular weight excluding hydrogens is 450 g/mol. The number of nitrogens with one attached hydrogen (secondary N) is 1. The summed E-state index contributed by atoms with van der Waals surface area (Å²) in [5, 5.41) is 13.4. The summed E-state index contributed by atoms with van der Waals surface area (Å²) in [6.07, 6.45) is -0.891. The fourth-order valence-electron chi connectivity index (χ4n) is 5.00. The van der Waals surface area contributed by atoms with Gasteiger partial charge in [-0.1, -0.05) is 6.07 Å². The Morgan fingerprint density at radius 1 is 1.03 bits per heavy atom. The number of ether oxygens (including phenoxy) is 1. The van der Waals surface area contributed by atoms with Crippen LogP contribution in [0.2, 0.25) is 0 Å². The van der Waals surface area contributed by atoms with Crippen LogP contribution in [-0.4, -0.2) is 78.0 Å². The van der Waals surface area contributed by atoms with Crippen molar-refractivity contribution >= 4 is 29.1 Å². The molecule has 2 fully saturated rings. The van der Waals surface area contributed by atoms with Crippen molar-refractivity contribution in [1.82, 2.24) is 15.1 Å². The number of rotatable bonds is 6. The number of benzene rings is 2. The molecule has 0 radical (unpaired) electrons. The number of amides is 3. The highest BCUT2D eigenvalue weighted by Gasteiger charge is 2.45. The van der Waals surface area contributed by atoms with E-state index in [0.717, 1.165) is 44.2 Å². The Hall–Kier alpha value is -3.63. The van der Waals surface area contributed by atoms with Crippen molar-refractivity contribution < 1.29 is 24.2 Å². The van der Waals surface area contributed by atoms with Crippen LogP contribution < -0.4 is 20.7 Å². The molecular formula is C25H29N5O5. The molecule has 2 unspecified atom stereocenters. The number of hydrogen-bond acceptors (Lipinski definition) is 8. The maximum absolute atomic E-state index is 13.1. The van der Waals surface area contributed by atoms with Gasteiger partial charge in [0.25, 0.3) is 5.91 Å². The predicted molar refractivity (Wildman–Crippen MR) is 129 cm³/mol. The number of aliphatic hydroxyl groups is 1. The van der Waals surface area contributed by atoms with Crippen molar-refractivity contribution in [3.05, 3.63) is 53.6 Å². The van der Waals surface area contributed by atoms with Crippen LogP contribution in [0.1, 0.15) is 35.0 Å². The van der Waals surface area contributed by atoms with Crippen LogP contribution in [-0.2, 0) is 9.59 Å². The Labute approximate surface area is 203 Å². The minimum Gasteiger partial charge on any atom is -0.492 e. The predicted octanol–water partition coefficient (Wildman–Crippen LogP) is 0.722. The van der Waals surface area contributed by atoms with Crippen LogP contribution in [0.15, 0.2) is 42.5 Å². The quantitative estimate of drug-likeness (QED) is 0.409. The number of carbonyl (C=O) groups is 3. The Kier molecular flexibility index (Phi) is 6.31. The lowest BCUT2D eigenvalue weighted by molar-refractivity contribution is -0.139. The smallest absolute Gasteiger partial charge is 0.257 e. The molecule has 10 nitrogen and oxygen atoms in total. The molecule has 35 heavy (non-hydrogen) atoms. The number of piperidine rings is 1. The fraction of sp³-hybridized carbons (Fsp3) is 0.400. The summed E-state index contributed by atoms with van der Waals surface area (Å²) < 4.78 is 5.81. The molecule has 2 atom stereocenters. The summed E-state index contributed by atoms with van der Waals surface area (Å²) >= 11 is 0. The van der Waals surface area contributed by atoms with Gasteiger partial charge >= 0.3 is 0 Å². The van der Waals surface area contributed by atoms with E-state index in [2.05, 4.69) is 15.1 Å². The molecule has 3 aliphatic heterocycles. The second kappa shape index (κ2) is 9.55. The first-order valence-electron chi connectivity index (χ1n) is 11.9. The summed E-state index contributed by atoms with van der Waals surface area (Å²) in [4.78, 5) is 42.7. The van der Waals surface area contributed by atoms with E-state index >= 15 is 0 Å². The average molecular weight is 480 g/mol. The molecule has 4 N–H and O–H groups in total. The molecule has 0 spiro atoms. The first-order valence-corrected chi connectivity index (χ1v) is 11.9. The lowest BCUT2D eigenvalue weighted by atomic mass is 10.0. The van der Waals surface area contributed by atoms with Gasteiger partial charge in [-0.2, -0.15) is 0 Å². The first kappa shape index (κ1) is 23.1. The standard InChI is InChI=1S/C25H29N5O5/c26-16-4-6-17(7-5-16)35-15-14-28-10-12-29(13-11-28)19-3-1-2-18-22(19)25(34)30(24(18)33)20-8-9-21(31)27-23(20)32/h1-7,20,25,34H,8-15,26H2,(H,27,31,32). The Morgan fingerprint density at radius 2 is 1.77 bits per heavy atom. The summed E-state index contributed by atoms with van der Waals surface area (Å²) in [5.74, 6) is -0.501. The second-order valence-electron chi connectivity index (χ2n) is 9.04. The van der Waals surface area contributed by atoms with Gasteiger partial charge < -0.3 is 20.5 Å². The molecule has 184 valence electrons. The summed E-state index contributed by atoms with van der Waals surface area (Å²) in [7, 11) is 0. The zero-order chi connectivity index (χ0) is 24.5. The number of imide groups is 1. The monoisotopic (exact) mass is 479 g/mol. The maximum atomic E-state index is 13.1. The first-order chi connectivity index (χ1) is 16.9. The molecule has 0 aliphatic carbocycles. The van der Waals surface area contributed by atoms with E-state index in [1.165, 1.54) is 4.90 Å². The van der Waals surface area contributed by atoms with Gasteiger partial charge in [-0.05, 0) is 42.8 Å². The SMILES string of the molecule is Nc1ccc(OCCN2CCN(c3cccc4c3C(O)N(C3CCC(=O)NC3=O)C4=O)CC2)cc1. The number of nitrogen functional groups attached to an aromatic ring is 1. The van der Waals surface area contributed by atoms with Gasteiger partial charge in [0.2, 0.25) is 11.8 Å². The highest BCUT2D eigenvalue weighted by molar-refractivity contribution is 6.06. The van der Waals surface area contributed by atoms with E-state index < -0.39 is 18.2 Å². The molecule has 3 heterocycles. The third kappa shape index (κ3) is 4.54. The van der Waals surface area contributed by atoms with Crippen LogP contribution in [0.5, 0.6) is 5.75 Å². The number of aliphatic hydroxyl groups excluding tert-OH is 1. The van der Waals surface area contributed by atoms with Crippen molar-refractivity contribution in [2.75, 3.05) is 50.0 Å². The van der Waals surface area contributed by atoms with Crippen molar-refractivity contribution in [3.63, 3.8) is 0 Å². The van der Waals surface area contributed by atoms with Gasteiger partial charge in [-0.15, -0.1) is 0 Å². The number of piperazine rings is 1. The number of anilines is 2. The van der Waals surface area contributed by atoms with E-state index in [-0.39, 0.29) is 24.7 Å². The average Bonchev–Trinajstić information content (AvgIpc) is 3.11. The van der Waals surface area contributed by atoms with E-state index in [1.54, 1.807) is 12.1 Å². The summed E-state index contributed by atoms with van der Waals surface area (Å²) in [6, 6.07) is 11.9. The van der Waals surface area contributed by atoms with Crippen molar-refractivity contribution in [1.29, 1.82) is 0 Å². The largest absolute Gasteiger partial charge is 0.492 e. The third-order valence-electron chi connectivity index (χ3n) is 6.88. The Morgan fingerprint density at radius 3 is 2.49 bits per heavy atom. The third-order valence-corrected chi connectivity index (χ3v) is 6.88. The van der Waals surface area contributed by atoms with Gasteiger partial charge in [0.15, 0.2) is 6.23 Å². The minimum atomic E-state index is -1.23. The number of hydrogen-bond donors (Lipinski definition) is 3. The Balaban J connectivity index is 1.22. The van der Waals surface area contributed by atoms with Crippen LogP contribution in [0, 0.1) is 0 Å². The molecule has 2 aromatic carbocycles. The van der Waals surface area contributed by atoms with Crippen LogP contribution >= 0.6 is 0 Å². The molecule has 0 bridgehead atoms. The number of nitrogens with zero attached hydrogens (tertiary/aromatic N) is 3. The molecule has 3 amide bonds. The topological polar surface area (TPSA) is 128 Å². The van der Waals surface area contributed by atoms with Gasteiger partial charge in [0.1, 0.15) is 18.4 Å². The van der Waals surface area contributed by atoms with Crippen LogP contribution in [0.25, 0.3) is 0 Å². The molecule has 10 heteroatoms. The summed E-state index contributed by atoms with van der Waals surface area (Å²) in [6.45, 7) is 4.45. The second-order valence-corrected chi connectivity index (χ2v) is 9.04. The van der Waals surface area contributed by atoms with Gasteiger partial charge in [-0.3, -0.25) is 29.5 Å². The zero-order valence-corrected chi connectivity index (χ0v) is 19.4.